The van der Waals surface area contributed by atoms with E-state index in [0.717, 1.165) is 47.4 Å². The molecule has 1 saturated carbocycles. The topological polar surface area (TPSA) is 105 Å². The molecule has 10 heteroatoms. The van der Waals surface area contributed by atoms with Crippen LogP contribution >= 0.6 is 0 Å². The standard InChI is InChI=1S/C36H42N4O6/c1-5-45-36(42)27-12-9-13-31(21-27)46-29-17-14-26(15-18-29)35-32(39(2)38-37-35)24-40(34(41)20-25-10-7-6-8-11-25)23-28-16-19-30(43-3)22-33(28)44-4/h6-8,10-11,14-19,22,27,31H,5,9,12-13,20-21,23-24H2,1-4H3/t27-,31-/m0/s1. The summed E-state index contributed by atoms with van der Waals surface area (Å²) in [6.45, 7) is 2.83. The summed E-state index contributed by atoms with van der Waals surface area (Å²) < 4.78 is 24.3. The molecule has 1 heterocycles. The van der Waals surface area contributed by atoms with Crippen molar-refractivity contribution >= 4 is 11.9 Å². The van der Waals surface area contributed by atoms with Crippen molar-refractivity contribution in [1.29, 1.82) is 0 Å². The van der Waals surface area contributed by atoms with Gasteiger partial charge in [-0.05, 0) is 74.6 Å². The van der Waals surface area contributed by atoms with Crippen LogP contribution in [0.25, 0.3) is 11.3 Å². The highest BCUT2D eigenvalue weighted by Gasteiger charge is 2.29. The number of esters is 1. The van der Waals surface area contributed by atoms with Gasteiger partial charge in [-0.3, -0.25) is 9.59 Å². The van der Waals surface area contributed by atoms with E-state index in [0.29, 0.717) is 36.8 Å². The minimum absolute atomic E-state index is 0.0337. The predicted molar refractivity (Wildman–Crippen MR) is 173 cm³/mol. The lowest BCUT2D eigenvalue weighted by Crippen LogP contribution is -2.32. The minimum atomic E-state index is -0.136. The number of methoxy groups -OCH3 is 2. The largest absolute Gasteiger partial charge is 0.497 e. The molecule has 0 bridgehead atoms. The Bertz CT molecular complexity index is 1600. The molecule has 242 valence electrons. The van der Waals surface area contributed by atoms with Gasteiger partial charge in [0.15, 0.2) is 0 Å². The molecular weight excluding hydrogens is 584 g/mol. The summed E-state index contributed by atoms with van der Waals surface area (Å²) in [6, 6.07) is 23.1. The highest BCUT2D eigenvalue weighted by molar-refractivity contribution is 5.79. The fourth-order valence-electron chi connectivity index (χ4n) is 5.87. The molecule has 0 N–H and O–H groups in total. The number of aryl methyl sites for hydroxylation is 1. The van der Waals surface area contributed by atoms with Gasteiger partial charge in [-0.25, -0.2) is 4.68 Å². The maximum absolute atomic E-state index is 13.8. The average molecular weight is 627 g/mol. The molecule has 3 aromatic carbocycles. The van der Waals surface area contributed by atoms with Crippen LogP contribution in [-0.4, -0.2) is 58.7 Å². The summed E-state index contributed by atoms with van der Waals surface area (Å²) in [5, 5.41) is 8.80. The molecule has 5 rings (SSSR count). The molecule has 0 radical (unpaired) electrons. The van der Waals surface area contributed by atoms with E-state index < -0.39 is 0 Å². The molecule has 0 unspecified atom stereocenters. The number of amides is 1. The Morgan fingerprint density at radius 2 is 1.70 bits per heavy atom. The third-order valence-electron chi connectivity index (χ3n) is 8.37. The van der Waals surface area contributed by atoms with Gasteiger partial charge in [0.1, 0.15) is 22.9 Å². The summed E-state index contributed by atoms with van der Waals surface area (Å²) in [7, 11) is 5.05. The predicted octanol–water partition coefficient (Wildman–Crippen LogP) is 5.77. The SMILES string of the molecule is CCOC(=O)[C@H]1CCC[C@H](Oc2ccc(-c3nnn(C)c3CN(Cc3ccc(OC)cc3OC)C(=O)Cc3ccccc3)cc2)C1. The summed E-state index contributed by atoms with van der Waals surface area (Å²) >= 11 is 0. The van der Waals surface area contributed by atoms with Crippen LogP contribution in [0.5, 0.6) is 17.2 Å². The van der Waals surface area contributed by atoms with E-state index in [1.807, 2.05) is 86.8 Å². The number of rotatable bonds is 13. The third kappa shape index (κ3) is 8.04. The van der Waals surface area contributed by atoms with Crippen molar-refractivity contribution in [2.24, 2.45) is 13.0 Å². The number of hydrogen-bond acceptors (Lipinski definition) is 8. The van der Waals surface area contributed by atoms with Crippen molar-refractivity contribution in [3.63, 3.8) is 0 Å². The Balaban J connectivity index is 1.35. The van der Waals surface area contributed by atoms with Crippen LogP contribution in [0.15, 0.2) is 72.8 Å². The average Bonchev–Trinajstić information content (AvgIpc) is 3.44. The van der Waals surface area contributed by atoms with Gasteiger partial charge in [0.25, 0.3) is 0 Å². The molecule has 0 aliphatic heterocycles. The Kier molecular flexibility index (Phi) is 10.9. The Morgan fingerprint density at radius 1 is 0.935 bits per heavy atom. The van der Waals surface area contributed by atoms with Crippen LogP contribution in [0, 0.1) is 5.92 Å². The number of carbonyl (C=O) groups is 2. The van der Waals surface area contributed by atoms with Crippen molar-refractivity contribution in [3.8, 4) is 28.5 Å². The zero-order valence-electron chi connectivity index (χ0n) is 27.0. The number of benzene rings is 3. The second kappa shape index (κ2) is 15.4. The molecule has 46 heavy (non-hydrogen) atoms. The van der Waals surface area contributed by atoms with Crippen molar-refractivity contribution in [1.82, 2.24) is 19.9 Å². The van der Waals surface area contributed by atoms with E-state index in [2.05, 4.69) is 10.3 Å². The number of hydrogen-bond donors (Lipinski definition) is 0. The van der Waals surface area contributed by atoms with E-state index in [1.54, 1.807) is 23.8 Å². The normalized spacial score (nSPS) is 16.0. The van der Waals surface area contributed by atoms with Crippen molar-refractivity contribution in [3.05, 3.63) is 89.6 Å². The number of nitrogens with zero attached hydrogens (tertiary/aromatic N) is 4. The molecule has 2 atom stereocenters. The van der Waals surface area contributed by atoms with E-state index in [-0.39, 0.29) is 36.9 Å². The summed E-state index contributed by atoms with van der Waals surface area (Å²) in [6.07, 6.45) is 3.53. The van der Waals surface area contributed by atoms with E-state index in [9.17, 15) is 9.59 Å². The van der Waals surface area contributed by atoms with Crippen LogP contribution in [-0.2, 0) is 40.9 Å². The Labute approximate surface area is 270 Å². The van der Waals surface area contributed by atoms with Gasteiger partial charge in [-0.2, -0.15) is 0 Å². The van der Waals surface area contributed by atoms with Gasteiger partial charge >= 0.3 is 5.97 Å². The molecule has 1 aromatic heterocycles. The van der Waals surface area contributed by atoms with E-state index in [4.69, 9.17) is 18.9 Å². The lowest BCUT2D eigenvalue weighted by Gasteiger charge is -2.28. The first kappa shape index (κ1) is 32.5. The summed E-state index contributed by atoms with van der Waals surface area (Å²) in [5.41, 5.74) is 4.14. The second-order valence-electron chi connectivity index (χ2n) is 11.5. The van der Waals surface area contributed by atoms with Crippen molar-refractivity contribution in [2.45, 2.75) is 58.2 Å². The zero-order valence-corrected chi connectivity index (χ0v) is 27.0. The minimum Gasteiger partial charge on any atom is -0.497 e. The van der Waals surface area contributed by atoms with Crippen LogP contribution in [0.3, 0.4) is 0 Å². The fraction of sp³-hybridized carbons (Fsp3) is 0.389. The van der Waals surface area contributed by atoms with Crippen LogP contribution in [0.2, 0.25) is 0 Å². The van der Waals surface area contributed by atoms with E-state index in [1.165, 1.54) is 0 Å². The lowest BCUT2D eigenvalue weighted by atomic mass is 9.87. The molecule has 0 spiro atoms. The Hall–Kier alpha value is -4.86. The summed E-state index contributed by atoms with van der Waals surface area (Å²) in [5.74, 6) is 1.76. The molecule has 10 nitrogen and oxygen atoms in total. The van der Waals surface area contributed by atoms with E-state index >= 15 is 0 Å². The highest BCUT2D eigenvalue weighted by atomic mass is 16.5. The summed E-state index contributed by atoms with van der Waals surface area (Å²) in [4.78, 5) is 27.9. The number of carbonyl (C=O) groups excluding carboxylic acids is 2. The van der Waals surface area contributed by atoms with Gasteiger partial charge in [0, 0.05) is 30.8 Å². The molecule has 4 aromatic rings. The first-order valence-electron chi connectivity index (χ1n) is 15.7. The smallest absolute Gasteiger partial charge is 0.309 e. The number of aromatic nitrogens is 3. The first-order valence-corrected chi connectivity index (χ1v) is 15.7. The monoisotopic (exact) mass is 626 g/mol. The quantitative estimate of drug-likeness (QED) is 0.172. The van der Waals surface area contributed by atoms with Crippen LogP contribution in [0.4, 0.5) is 0 Å². The molecular formula is C36H42N4O6. The lowest BCUT2D eigenvalue weighted by molar-refractivity contribution is -0.150. The molecule has 1 fully saturated rings. The van der Waals surface area contributed by atoms with Crippen LogP contribution < -0.4 is 14.2 Å². The maximum atomic E-state index is 13.8. The Morgan fingerprint density at radius 3 is 2.41 bits per heavy atom. The van der Waals surface area contributed by atoms with Gasteiger partial charge in [-0.15, -0.1) is 5.10 Å². The first-order chi connectivity index (χ1) is 22.4. The number of ether oxygens (including phenoxy) is 4. The second-order valence-corrected chi connectivity index (χ2v) is 11.5. The van der Waals surface area contributed by atoms with Gasteiger partial charge in [0.05, 0.1) is 51.5 Å². The van der Waals surface area contributed by atoms with Gasteiger partial charge in [-0.1, -0.05) is 35.5 Å². The molecule has 1 amide bonds. The molecule has 1 aliphatic rings. The van der Waals surface area contributed by atoms with Crippen molar-refractivity contribution < 1.29 is 28.5 Å². The molecule has 1 aliphatic carbocycles. The highest BCUT2D eigenvalue weighted by Crippen LogP contribution is 2.31. The van der Waals surface area contributed by atoms with Crippen molar-refractivity contribution in [2.75, 3.05) is 20.8 Å². The third-order valence-corrected chi connectivity index (χ3v) is 8.37. The maximum Gasteiger partial charge on any atom is 0.309 e. The molecule has 0 saturated heterocycles. The zero-order chi connectivity index (χ0) is 32.5. The van der Waals surface area contributed by atoms with Gasteiger partial charge < -0.3 is 23.8 Å². The van der Waals surface area contributed by atoms with Gasteiger partial charge in [0.2, 0.25) is 5.91 Å². The fourth-order valence-corrected chi connectivity index (χ4v) is 5.87. The van der Waals surface area contributed by atoms with Crippen LogP contribution in [0.1, 0.15) is 49.4 Å².